The molecule has 1 heterocycles. The van der Waals surface area contributed by atoms with Gasteiger partial charge in [-0.2, -0.15) is 0 Å². The first kappa shape index (κ1) is 9.65. The molecule has 0 aromatic carbocycles. The van der Waals surface area contributed by atoms with Gasteiger partial charge >= 0.3 is 0 Å². The molecule has 2 aliphatic rings. The zero-order valence-electron chi connectivity index (χ0n) is 8.45. The summed E-state index contributed by atoms with van der Waals surface area (Å²) >= 11 is 0. The fourth-order valence-corrected chi connectivity index (χ4v) is 1.81. The van der Waals surface area contributed by atoms with Crippen LogP contribution in [0.1, 0.15) is 32.6 Å². The SMILES string of the molecule is CCCN1C(=O)CC(NC2CC2)C1=O. The van der Waals surface area contributed by atoms with E-state index in [0.717, 1.165) is 19.3 Å². The number of carbonyl (C=O) groups excluding carboxylic acids is 2. The van der Waals surface area contributed by atoms with Crippen LogP contribution in [0.25, 0.3) is 0 Å². The molecule has 4 nitrogen and oxygen atoms in total. The van der Waals surface area contributed by atoms with Crippen molar-refractivity contribution in [1.29, 1.82) is 0 Å². The highest BCUT2D eigenvalue weighted by molar-refractivity contribution is 6.05. The Labute approximate surface area is 83.6 Å². The number of rotatable bonds is 4. The first-order chi connectivity index (χ1) is 6.72. The summed E-state index contributed by atoms with van der Waals surface area (Å²) in [6.07, 6.45) is 3.49. The Morgan fingerprint density at radius 3 is 2.71 bits per heavy atom. The highest BCUT2D eigenvalue weighted by atomic mass is 16.2. The van der Waals surface area contributed by atoms with Crippen molar-refractivity contribution in [2.24, 2.45) is 0 Å². The second kappa shape index (κ2) is 3.69. The molecule has 0 spiro atoms. The molecule has 0 aromatic heterocycles. The summed E-state index contributed by atoms with van der Waals surface area (Å²) < 4.78 is 0. The zero-order chi connectivity index (χ0) is 10.1. The van der Waals surface area contributed by atoms with E-state index in [9.17, 15) is 9.59 Å². The Balaban J connectivity index is 1.94. The fraction of sp³-hybridized carbons (Fsp3) is 0.800. The molecule has 0 aromatic rings. The van der Waals surface area contributed by atoms with Crippen LogP contribution in [0, 0.1) is 0 Å². The van der Waals surface area contributed by atoms with Crippen LogP contribution < -0.4 is 5.32 Å². The van der Waals surface area contributed by atoms with E-state index < -0.39 is 0 Å². The van der Waals surface area contributed by atoms with Crippen LogP contribution >= 0.6 is 0 Å². The van der Waals surface area contributed by atoms with E-state index in [1.54, 1.807) is 0 Å². The average Bonchev–Trinajstić information content (AvgIpc) is 2.91. The maximum absolute atomic E-state index is 11.7. The molecule has 2 rings (SSSR count). The second-order valence-corrected chi connectivity index (χ2v) is 4.08. The third-order valence-electron chi connectivity index (χ3n) is 2.71. The summed E-state index contributed by atoms with van der Waals surface area (Å²) in [5.74, 6) is -0.0428. The summed E-state index contributed by atoms with van der Waals surface area (Å²) in [7, 11) is 0. The van der Waals surface area contributed by atoms with Crippen molar-refractivity contribution in [1.82, 2.24) is 10.2 Å². The molecule has 14 heavy (non-hydrogen) atoms. The van der Waals surface area contributed by atoms with Crippen molar-refractivity contribution < 1.29 is 9.59 Å². The molecule has 1 saturated carbocycles. The van der Waals surface area contributed by atoms with Crippen molar-refractivity contribution >= 4 is 11.8 Å². The fourth-order valence-electron chi connectivity index (χ4n) is 1.81. The number of nitrogens with zero attached hydrogens (tertiary/aromatic N) is 1. The summed E-state index contributed by atoms with van der Waals surface area (Å²) in [4.78, 5) is 24.6. The van der Waals surface area contributed by atoms with Crippen LogP contribution in [0.4, 0.5) is 0 Å². The Hall–Kier alpha value is -0.900. The Kier molecular flexibility index (Phi) is 2.54. The summed E-state index contributed by atoms with van der Waals surface area (Å²) in [5.41, 5.74) is 0. The van der Waals surface area contributed by atoms with E-state index in [1.807, 2.05) is 6.92 Å². The molecular weight excluding hydrogens is 180 g/mol. The third kappa shape index (κ3) is 1.80. The monoisotopic (exact) mass is 196 g/mol. The summed E-state index contributed by atoms with van der Waals surface area (Å²) in [6.45, 7) is 2.54. The first-order valence-corrected chi connectivity index (χ1v) is 5.32. The van der Waals surface area contributed by atoms with E-state index in [1.165, 1.54) is 4.90 Å². The highest BCUT2D eigenvalue weighted by Crippen LogP contribution is 2.23. The number of hydrogen-bond donors (Lipinski definition) is 1. The topological polar surface area (TPSA) is 49.4 Å². The third-order valence-corrected chi connectivity index (χ3v) is 2.71. The number of amides is 2. The maximum atomic E-state index is 11.7. The van der Waals surface area contributed by atoms with Crippen LogP contribution in [0.15, 0.2) is 0 Å². The van der Waals surface area contributed by atoms with Crippen molar-refractivity contribution in [3.63, 3.8) is 0 Å². The van der Waals surface area contributed by atoms with E-state index >= 15 is 0 Å². The number of imide groups is 1. The van der Waals surface area contributed by atoms with Gasteiger partial charge in [-0.15, -0.1) is 0 Å². The van der Waals surface area contributed by atoms with Crippen molar-refractivity contribution in [3.05, 3.63) is 0 Å². The van der Waals surface area contributed by atoms with Crippen molar-refractivity contribution in [3.8, 4) is 0 Å². The largest absolute Gasteiger partial charge is 0.303 e. The molecule has 2 fully saturated rings. The molecule has 0 radical (unpaired) electrons. The number of nitrogens with one attached hydrogen (secondary N) is 1. The van der Waals surface area contributed by atoms with Gasteiger partial charge in [0.05, 0.1) is 12.5 Å². The van der Waals surface area contributed by atoms with Gasteiger partial charge in [0, 0.05) is 12.6 Å². The predicted octanol–water partition coefficient (Wildman–Crippen LogP) is 0.276. The van der Waals surface area contributed by atoms with Gasteiger partial charge in [0.15, 0.2) is 0 Å². The quantitative estimate of drug-likeness (QED) is 0.657. The Bertz CT molecular complexity index is 261. The normalized spacial score (nSPS) is 27.5. The molecule has 1 aliphatic heterocycles. The van der Waals surface area contributed by atoms with E-state index in [-0.39, 0.29) is 17.9 Å². The second-order valence-electron chi connectivity index (χ2n) is 4.08. The molecule has 78 valence electrons. The lowest BCUT2D eigenvalue weighted by molar-refractivity contribution is -0.138. The highest BCUT2D eigenvalue weighted by Gasteiger charge is 2.40. The van der Waals surface area contributed by atoms with Gasteiger partial charge < -0.3 is 5.32 Å². The van der Waals surface area contributed by atoms with Gasteiger partial charge in [0.1, 0.15) is 0 Å². The molecule has 1 saturated heterocycles. The van der Waals surface area contributed by atoms with Crippen LogP contribution in [0.3, 0.4) is 0 Å². The zero-order valence-corrected chi connectivity index (χ0v) is 8.45. The lowest BCUT2D eigenvalue weighted by atomic mass is 10.2. The van der Waals surface area contributed by atoms with Gasteiger partial charge in [-0.3, -0.25) is 14.5 Å². The molecule has 1 atom stereocenters. The predicted molar refractivity (Wildman–Crippen MR) is 51.6 cm³/mol. The van der Waals surface area contributed by atoms with E-state index in [0.29, 0.717) is 19.0 Å². The lowest BCUT2D eigenvalue weighted by Crippen LogP contribution is -2.39. The molecular formula is C10H16N2O2. The number of carbonyl (C=O) groups is 2. The van der Waals surface area contributed by atoms with Gasteiger partial charge in [0.25, 0.3) is 0 Å². The lowest BCUT2D eigenvalue weighted by Gasteiger charge is -2.13. The minimum absolute atomic E-state index is 0.0185. The van der Waals surface area contributed by atoms with Gasteiger partial charge in [-0.25, -0.2) is 0 Å². The smallest absolute Gasteiger partial charge is 0.246 e. The van der Waals surface area contributed by atoms with E-state index in [4.69, 9.17) is 0 Å². The maximum Gasteiger partial charge on any atom is 0.246 e. The van der Waals surface area contributed by atoms with E-state index in [2.05, 4.69) is 5.32 Å². The van der Waals surface area contributed by atoms with Crippen LogP contribution in [0.2, 0.25) is 0 Å². The van der Waals surface area contributed by atoms with Crippen LogP contribution in [-0.4, -0.2) is 35.3 Å². The minimum atomic E-state index is -0.235. The Morgan fingerprint density at radius 2 is 2.14 bits per heavy atom. The standard InChI is InChI=1S/C10H16N2O2/c1-2-5-12-9(13)6-8(10(12)14)11-7-3-4-7/h7-8,11H,2-6H2,1H3. The molecule has 1 unspecified atom stereocenters. The van der Waals surface area contributed by atoms with Crippen LogP contribution in [0.5, 0.6) is 0 Å². The number of likely N-dealkylation sites (tertiary alicyclic amines) is 1. The van der Waals surface area contributed by atoms with Crippen LogP contribution in [-0.2, 0) is 9.59 Å². The summed E-state index contributed by atoms with van der Waals surface area (Å²) in [6, 6.07) is 0.250. The molecule has 2 amide bonds. The van der Waals surface area contributed by atoms with Gasteiger partial charge in [0.2, 0.25) is 11.8 Å². The number of hydrogen-bond acceptors (Lipinski definition) is 3. The summed E-state index contributed by atoms with van der Waals surface area (Å²) in [5, 5.41) is 3.21. The Morgan fingerprint density at radius 1 is 1.43 bits per heavy atom. The molecule has 1 aliphatic carbocycles. The molecule has 4 heteroatoms. The van der Waals surface area contributed by atoms with Gasteiger partial charge in [-0.1, -0.05) is 6.92 Å². The average molecular weight is 196 g/mol. The first-order valence-electron chi connectivity index (χ1n) is 5.32. The molecule has 0 bridgehead atoms. The molecule has 1 N–H and O–H groups in total. The van der Waals surface area contributed by atoms with Gasteiger partial charge in [-0.05, 0) is 19.3 Å². The minimum Gasteiger partial charge on any atom is -0.303 e. The van der Waals surface area contributed by atoms with Crippen molar-refractivity contribution in [2.75, 3.05) is 6.54 Å². The van der Waals surface area contributed by atoms with Crippen molar-refractivity contribution in [2.45, 2.75) is 44.7 Å².